The van der Waals surface area contributed by atoms with Crippen LogP contribution >= 0.6 is 0 Å². The SMILES string of the molecule is CCN(CC)S(=O)(=O)c1cccc(C(=O)NC(C(=O)NC(C)C(=O)N2CCOCC2)C(C)C)c1. The van der Waals surface area contributed by atoms with Crippen LogP contribution in [0.15, 0.2) is 29.2 Å². The predicted molar refractivity (Wildman–Crippen MR) is 128 cm³/mol. The molecule has 1 aliphatic rings. The summed E-state index contributed by atoms with van der Waals surface area (Å²) in [5.74, 6) is -1.53. The average Bonchev–Trinajstić information content (AvgIpc) is 2.82. The molecule has 1 aromatic rings. The third-order valence-corrected chi connectivity index (χ3v) is 7.77. The van der Waals surface area contributed by atoms with Crippen molar-refractivity contribution < 1.29 is 27.5 Å². The molecule has 2 N–H and O–H groups in total. The molecule has 0 radical (unpaired) electrons. The normalized spacial score (nSPS) is 16.3. The Morgan fingerprint density at radius 3 is 2.24 bits per heavy atom. The van der Waals surface area contributed by atoms with Gasteiger partial charge in [-0.05, 0) is 31.0 Å². The Morgan fingerprint density at radius 2 is 1.68 bits per heavy atom. The van der Waals surface area contributed by atoms with Gasteiger partial charge in [-0.1, -0.05) is 33.8 Å². The van der Waals surface area contributed by atoms with Crippen LogP contribution in [0.5, 0.6) is 0 Å². The summed E-state index contributed by atoms with van der Waals surface area (Å²) in [4.78, 5) is 40.1. The summed E-state index contributed by atoms with van der Waals surface area (Å²) in [5, 5.41) is 5.38. The van der Waals surface area contributed by atoms with E-state index < -0.39 is 33.9 Å². The molecule has 3 amide bonds. The second kappa shape index (κ2) is 12.3. The summed E-state index contributed by atoms with van der Waals surface area (Å²) >= 11 is 0. The van der Waals surface area contributed by atoms with E-state index in [-0.39, 0.29) is 22.3 Å². The van der Waals surface area contributed by atoms with E-state index in [1.807, 2.05) is 0 Å². The van der Waals surface area contributed by atoms with Crippen LogP contribution in [-0.4, -0.2) is 86.8 Å². The highest BCUT2D eigenvalue weighted by Gasteiger charge is 2.30. The minimum Gasteiger partial charge on any atom is -0.378 e. The number of benzene rings is 1. The lowest BCUT2D eigenvalue weighted by molar-refractivity contribution is -0.139. The van der Waals surface area contributed by atoms with Crippen molar-refractivity contribution in [3.05, 3.63) is 29.8 Å². The van der Waals surface area contributed by atoms with Gasteiger partial charge in [-0.3, -0.25) is 14.4 Å². The Morgan fingerprint density at radius 1 is 1.06 bits per heavy atom. The van der Waals surface area contributed by atoms with Crippen LogP contribution in [0, 0.1) is 5.92 Å². The first-order valence-electron chi connectivity index (χ1n) is 11.6. The minimum atomic E-state index is -3.73. The standard InChI is InChI=1S/C23H36N4O6S/c1-6-27(7-2)34(31,32)19-10-8-9-18(15-19)21(28)25-20(16(3)4)22(29)24-17(5)23(30)26-11-13-33-14-12-26/h8-10,15-17,20H,6-7,11-14H2,1-5H3,(H,24,29)(H,25,28). The second-order valence-corrected chi connectivity index (χ2v) is 10.4. The summed E-state index contributed by atoms with van der Waals surface area (Å²) in [7, 11) is -3.73. The molecule has 0 aliphatic carbocycles. The highest BCUT2D eigenvalue weighted by Crippen LogP contribution is 2.17. The van der Waals surface area contributed by atoms with E-state index in [4.69, 9.17) is 4.74 Å². The van der Waals surface area contributed by atoms with E-state index in [2.05, 4.69) is 10.6 Å². The van der Waals surface area contributed by atoms with E-state index in [0.29, 0.717) is 39.4 Å². The number of morpholine rings is 1. The highest BCUT2D eigenvalue weighted by molar-refractivity contribution is 7.89. The van der Waals surface area contributed by atoms with E-state index in [1.54, 1.807) is 39.5 Å². The van der Waals surface area contributed by atoms with Gasteiger partial charge >= 0.3 is 0 Å². The first kappa shape index (κ1) is 27.7. The van der Waals surface area contributed by atoms with E-state index in [1.165, 1.54) is 28.6 Å². The van der Waals surface area contributed by atoms with E-state index in [9.17, 15) is 22.8 Å². The molecule has 2 unspecified atom stereocenters. The monoisotopic (exact) mass is 496 g/mol. The third kappa shape index (κ3) is 6.77. The van der Waals surface area contributed by atoms with Crippen LogP contribution < -0.4 is 10.6 Å². The predicted octanol–water partition coefficient (Wildman–Crippen LogP) is 0.835. The van der Waals surface area contributed by atoms with E-state index in [0.717, 1.165) is 0 Å². The van der Waals surface area contributed by atoms with Crippen LogP contribution in [0.4, 0.5) is 0 Å². The van der Waals surface area contributed by atoms with Crippen LogP contribution in [0.2, 0.25) is 0 Å². The topological polar surface area (TPSA) is 125 Å². The Bertz CT molecular complexity index is 971. The Balaban J connectivity index is 2.12. The van der Waals surface area contributed by atoms with Crippen LogP contribution in [-0.2, 0) is 24.3 Å². The van der Waals surface area contributed by atoms with E-state index >= 15 is 0 Å². The van der Waals surface area contributed by atoms with Gasteiger partial charge in [0, 0.05) is 31.7 Å². The number of nitrogens with zero attached hydrogens (tertiary/aromatic N) is 2. The van der Waals surface area contributed by atoms with Crippen LogP contribution in [0.25, 0.3) is 0 Å². The Hall–Kier alpha value is -2.50. The summed E-state index contributed by atoms with van der Waals surface area (Å²) in [6.07, 6.45) is 0. The zero-order chi connectivity index (χ0) is 25.5. The largest absolute Gasteiger partial charge is 0.378 e. The highest BCUT2D eigenvalue weighted by atomic mass is 32.2. The number of sulfonamides is 1. The van der Waals surface area contributed by atoms with Crippen molar-refractivity contribution in [2.24, 2.45) is 5.92 Å². The minimum absolute atomic E-state index is 0.0131. The van der Waals surface area contributed by atoms with Crippen LogP contribution in [0.3, 0.4) is 0 Å². The number of carbonyl (C=O) groups excluding carboxylic acids is 3. The number of hydrogen-bond donors (Lipinski definition) is 2. The van der Waals surface area contributed by atoms with Gasteiger partial charge in [-0.25, -0.2) is 8.42 Å². The molecule has 190 valence electrons. The molecule has 0 saturated carbocycles. The fraction of sp³-hybridized carbons (Fsp3) is 0.609. The number of nitrogens with one attached hydrogen (secondary N) is 2. The van der Waals surface area contributed by atoms with Gasteiger partial charge in [0.15, 0.2) is 0 Å². The van der Waals surface area contributed by atoms with Gasteiger partial charge in [-0.2, -0.15) is 4.31 Å². The number of hydrogen-bond acceptors (Lipinski definition) is 6. The lowest BCUT2D eigenvalue weighted by Crippen LogP contribution is -2.56. The van der Waals surface area contributed by atoms with Gasteiger partial charge in [0.05, 0.1) is 18.1 Å². The second-order valence-electron chi connectivity index (χ2n) is 8.48. The third-order valence-electron chi connectivity index (χ3n) is 5.73. The van der Waals surface area contributed by atoms with Crippen molar-refractivity contribution >= 4 is 27.7 Å². The Kier molecular flexibility index (Phi) is 10.0. The molecule has 1 heterocycles. The molecular weight excluding hydrogens is 460 g/mol. The summed E-state index contributed by atoms with van der Waals surface area (Å²) in [6.45, 7) is 11.1. The molecule has 0 spiro atoms. The average molecular weight is 497 g/mol. The maximum absolute atomic E-state index is 12.9. The van der Waals surface area contributed by atoms with Crippen molar-refractivity contribution in [2.45, 2.75) is 51.6 Å². The zero-order valence-corrected chi connectivity index (χ0v) is 21.4. The zero-order valence-electron chi connectivity index (χ0n) is 20.5. The number of ether oxygens (including phenoxy) is 1. The van der Waals surface area contributed by atoms with Crippen LogP contribution in [0.1, 0.15) is 45.0 Å². The molecule has 10 nitrogen and oxygen atoms in total. The quantitative estimate of drug-likeness (QED) is 0.494. The molecule has 0 bridgehead atoms. The van der Waals surface area contributed by atoms with Gasteiger partial charge in [-0.15, -0.1) is 0 Å². The van der Waals surface area contributed by atoms with Crippen molar-refractivity contribution in [3.63, 3.8) is 0 Å². The molecule has 0 aromatic heterocycles. The van der Waals surface area contributed by atoms with Gasteiger partial charge in [0.25, 0.3) is 5.91 Å². The molecule has 1 saturated heterocycles. The number of carbonyl (C=O) groups is 3. The molecule has 1 aromatic carbocycles. The summed E-state index contributed by atoms with van der Waals surface area (Å²) in [6, 6.07) is 4.08. The molecule has 1 fully saturated rings. The smallest absolute Gasteiger partial charge is 0.251 e. The van der Waals surface area contributed by atoms with Gasteiger partial charge in [0.1, 0.15) is 12.1 Å². The Labute approximate surface area is 202 Å². The fourth-order valence-corrected chi connectivity index (χ4v) is 5.20. The van der Waals surface area contributed by atoms with Crippen molar-refractivity contribution in [1.82, 2.24) is 19.8 Å². The van der Waals surface area contributed by atoms with Gasteiger partial charge < -0.3 is 20.3 Å². The van der Waals surface area contributed by atoms with Crippen molar-refractivity contribution in [3.8, 4) is 0 Å². The first-order valence-corrected chi connectivity index (χ1v) is 13.0. The molecule has 34 heavy (non-hydrogen) atoms. The summed E-state index contributed by atoms with van der Waals surface area (Å²) < 4.78 is 32.2. The maximum atomic E-state index is 12.9. The molecule has 11 heteroatoms. The molecular formula is C23H36N4O6S. The first-order chi connectivity index (χ1) is 16.0. The number of rotatable bonds is 10. The molecule has 2 rings (SSSR count). The molecule has 1 aliphatic heterocycles. The van der Waals surface area contributed by atoms with Gasteiger partial charge in [0.2, 0.25) is 21.8 Å². The van der Waals surface area contributed by atoms with Crippen molar-refractivity contribution in [1.29, 1.82) is 0 Å². The molecule has 2 atom stereocenters. The fourth-order valence-electron chi connectivity index (χ4n) is 3.69. The lowest BCUT2D eigenvalue weighted by atomic mass is 10.0. The maximum Gasteiger partial charge on any atom is 0.251 e. The number of amides is 3. The lowest BCUT2D eigenvalue weighted by Gasteiger charge is -2.30. The van der Waals surface area contributed by atoms with Crippen molar-refractivity contribution in [2.75, 3.05) is 39.4 Å². The summed E-state index contributed by atoms with van der Waals surface area (Å²) in [5.41, 5.74) is 0.129.